The lowest BCUT2D eigenvalue weighted by molar-refractivity contribution is -0.393. The number of carbonyl (C=O) groups is 2. The fourth-order valence-corrected chi connectivity index (χ4v) is 4.50. The number of nitro groups is 2. The predicted molar refractivity (Wildman–Crippen MR) is 117 cm³/mol. The Kier molecular flexibility index (Phi) is 6.48. The van der Waals surface area contributed by atoms with Gasteiger partial charge in [0.2, 0.25) is 0 Å². The Hall–Kier alpha value is -3.87. The number of amides is 1. The largest absolute Gasteiger partial charge is 0.481 e. The number of benzene rings is 2. The van der Waals surface area contributed by atoms with Crippen LogP contribution in [0.15, 0.2) is 42.5 Å². The molecule has 12 nitrogen and oxygen atoms in total. The van der Waals surface area contributed by atoms with Crippen molar-refractivity contribution < 1.29 is 24.5 Å². The van der Waals surface area contributed by atoms with Crippen LogP contribution in [0.2, 0.25) is 0 Å². The van der Waals surface area contributed by atoms with Crippen molar-refractivity contribution in [3.8, 4) is 0 Å². The molecule has 1 saturated heterocycles. The molecule has 1 aliphatic heterocycles. The number of nitro benzene ring substituents is 2. The molecule has 2 unspecified atom stereocenters. The van der Waals surface area contributed by atoms with Gasteiger partial charge in [0.1, 0.15) is 11.1 Å². The summed E-state index contributed by atoms with van der Waals surface area (Å²) in [5, 5.41) is 31.2. The molecule has 2 aromatic rings. The molecule has 32 heavy (non-hydrogen) atoms. The fraction of sp³-hybridized carbons (Fsp3) is 0.263. The second kappa shape index (κ2) is 9.09. The smallest absolute Gasteiger partial charge is 0.305 e. The number of anilines is 2. The van der Waals surface area contributed by atoms with E-state index in [9.17, 15) is 29.8 Å². The van der Waals surface area contributed by atoms with Gasteiger partial charge in [0.05, 0.1) is 27.6 Å². The monoisotopic (exact) mass is 461 g/mol. The fourth-order valence-electron chi connectivity index (χ4n) is 3.13. The van der Waals surface area contributed by atoms with E-state index < -0.39 is 50.1 Å². The molecular formula is C19H19N5O7S. The van der Waals surface area contributed by atoms with E-state index in [0.29, 0.717) is 5.56 Å². The molecule has 0 spiro atoms. The van der Waals surface area contributed by atoms with Crippen molar-refractivity contribution in [3.05, 3.63) is 68.3 Å². The van der Waals surface area contributed by atoms with Gasteiger partial charge in [-0.2, -0.15) is 0 Å². The maximum Gasteiger partial charge on any atom is 0.305 e. The average Bonchev–Trinajstić information content (AvgIpc) is 3.03. The first-order chi connectivity index (χ1) is 15.1. The highest BCUT2D eigenvalue weighted by molar-refractivity contribution is 8.01. The van der Waals surface area contributed by atoms with Gasteiger partial charge in [-0.05, 0) is 23.8 Å². The Labute approximate surface area is 186 Å². The minimum atomic E-state index is -1.15. The van der Waals surface area contributed by atoms with Gasteiger partial charge in [-0.1, -0.05) is 12.1 Å². The number of aliphatic carboxylic acids is 1. The van der Waals surface area contributed by atoms with Gasteiger partial charge in [0.25, 0.3) is 11.6 Å². The third kappa shape index (κ3) is 4.72. The molecule has 0 radical (unpaired) electrons. The second-order valence-corrected chi connectivity index (χ2v) is 8.38. The van der Waals surface area contributed by atoms with Gasteiger partial charge in [-0.3, -0.25) is 35.2 Å². The van der Waals surface area contributed by atoms with E-state index in [-0.39, 0.29) is 5.69 Å². The zero-order chi connectivity index (χ0) is 23.6. The molecule has 0 aliphatic carbocycles. The summed E-state index contributed by atoms with van der Waals surface area (Å²) in [5.41, 5.74) is 3.11. The Bertz CT molecular complexity index is 1080. The number of carboxylic acid groups (broad SMARTS) is 1. The molecule has 1 fully saturated rings. The SMILES string of the molecule is CN(C)c1ccc(C2SC(CC(=O)O)C(=O)N2Nc2ccc([N+](=O)[O-])cc2[N+](=O)[O-])cc1. The normalized spacial score (nSPS) is 17.8. The first-order valence-corrected chi connectivity index (χ1v) is 10.2. The van der Waals surface area contributed by atoms with Crippen LogP contribution in [0.5, 0.6) is 0 Å². The zero-order valence-corrected chi connectivity index (χ0v) is 17.8. The average molecular weight is 461 g/mol. The summed E-state index contributed by atoms with van der Waals surface area (Å²) in [5.74, 6) is -1.72. The summed E-state index contributed by atoms with van der Waals surface area (Å²) in [7, 11) is 3.74. The van der Waals surface area contributed by atoms with E-state index in [1.165, 1.54) is 0 Å². The predicted octanol–water partition coefficient (Wildman–Crippen LogP) is 3.01. The number of non-ortho nitro benzene ring substituents is 1. The van der Waals surface area contributed by atoms with E-state index >= 15 is 0 Å². The standard InChI is InChI=1S/C19H19N5O7S/c1-21(2)12-5-3-11(4-6-12)19-22(18(27)16(32-19)10-17(25)26)20-14-8-7-13(23(28)29)9-15(14)24(30)31/h3-9,16,19-20H,10H2,1-2H3,(H,25,26). The van der Waals surface area contributed by atoms with Gasteiger partial charge in [-0.25, -0.2) is 5.01 Å². The lowest BCUT2D eigenvalue weighted by atomic mass is 10.2. The molecule has 13 heteroatoms. The van der Waals surface area contributed by atoms with E-state index in [1.807, 2.05) is 31.1 Å². The number of hydrogen-bond donors (Lipinski definition) is 2. The molecular weight excluding hydrogens is 442 g/mol. The quantitative estimate of drug-likeness (QED) is 0.442. The van der Waals surface area contributed by atoms with Crippen molar-refractivity contribution in [2.45, 2.75) is 17.0 Å². The number of rotatable bonds is 8. The number of carboxylic acids is 1. The number of nitrogens with zero attached hydrogens (tertiary/aromatic N) is 4. The molecule has 0 saturated carbocycles. The Morgan fingerprint density at radius 3 is 2.34 bits per heavy atom. The molecule has 3 rings (SSSR count). The van der Waals surface area contributed by atoms with Gasteiger partial charge in [0, 0.05) is 25.8 Å². The molecule has 1 amide bonds. The minimum Gasteiger partial charge on any atom is -0.481 e. The summed E-state index contributed by atoms with van der Waals surface area (Å²) in [6.07, 6.45) is -0.420. The lowest BCUT2D eigenvalue weighted by Crippen LogP contribution is -2.36. The summed E-state index contributed by atoms with van der Waals surface area (Å²) >= 11 is 1.11. The number of carbonyl (C=O) groups excluding carboxylic acids is 1. The third-order valence-corrected chi connectivity index (χ3v) is 6.16. The van der Waals surface area contributed by atoms with Crippen molar-refractivity contribution in [2.75, 3.05) is 24.4 Å². The van der Waals surface area contributed by atoms with Crippen LogP contribution in [0, 0.1) is 20.2 Å². The molecule has 1 heterocycles. The van der Waals surface area contributed by atoms with Crippen LogP contribution in [-0.4, -0.2) is 51.2 Å². The molecule has 0 aromatic heterocycles. The Balaban J connectivity index is 1.98. The number of nitrogens with one attached hydrogen (secondary N) is 1. The van der Waals surface area contributed by atoms with Gasteiger partial charge < -0.3 is 10.0 Å². The van der Waals surface area contributed by atoms with E-state index in [1.54, 1.807) is 12.1 Å². The van der Waals surface area contributed by atoms with Gasteiger partial charge in [0.15, 0.2) is 0 Å². The highest BCUT2D eigenvalue weighted by atomic mass is 32.2. The highest BCUT2D eigenvalue weighted by Gasteiger charge is 2.43. The van der Waals surface area contributed by atoms with Gasteiger partial charge in [-0.15, -0.1) is 11.8 Å². The summed E-state index contributed by atoms with van der Waals surface area (Å²) in [6, 6.07) is 10.2. The summed E-state index contributed by atoms with van der Waals surface area (Å²) in [4.78, 5) is 46.9. The van der Waals surface area contributed by atoms with E-state index in [4.69, 9.17) is 5.11 Å². The van der Waals surface area contributed by atoms with Gasteiger partial charge >= 0.3 is 11.7 Å². The molecule has 2 N–H and O–H groups in total. The van der Waals surface area contributed by atoms with Crippen LogP contribution in [0.25, 0.3) is 0 Å². The van der Waals surface area contributed by atoms with Crippen LogP contribution < -0.4 is 10.3 Å². The maximum absolute atomic E-state index is 13.0. The number of hydrogen-bond acceptors (Lipinski definition) is 9. The van der Waals surface area contributed by atoms with Crippen molar-refractivity contribution in [1.29, 1.82) is 0 Å². The zero-order valence-electron chi connectivity index (χ0n) is 17.0. The molecule has 1 aliphatic rings. The third-order valence-electron chi connectivity index (χ3n) is 4.72. The van der Waals surface area contributed by atoms with Crippen molar-refractivity contribution in [3.63, 3.8) is 0 Å². The van der Waals surface area contributed by atoms with Crippen molar-refractivity contribution >= 4 is 46.4 Å². The highest BCUT2D eigenvalue weighted by Crippen LogP contribution is 2.45. The maximum atomic E-state index is 13.0. The Morgan fingerprint density at radius 2 is 1.81 bits per heavy atom. The topological polar surface area (TPSA) is 159 Å². The second-order valence-electron chi connectivity index (χ2n) is 7.10. The van der Waals surface area contributed by atoms with Crippen molar-refractivity contribution in [1.82, 2.24) is 5.01 Å². The molecule has 2 atom stereocenters. The van der Waals surface area contributed by atoms with E-state index in [0.717, 1.165) is 40.7 Å². The van der Waals surface area contributed by atoms with Crippen LogP contribution in [0.3, 0.4) is 0 Å². The summed E-state index contributed by atoms with van der Waals surface area (Å²) in [6.45, 7) is 0. The lowest BCUT2D eigenvalue weighted by Gasteiger charge is -2.26. The molecule has 2 aromatic carbocycles. The summed E-state index contributed by atoms with van der Waals surface area (Å²) < 4.78 is 0. The number of thioether (sulfide) groups is 1. The number of hydrazine groups is 1. The first-order valence-electron chi connectivity index (χ1n) is 9.25. The van der Waals surface area contributed by atoms with Crippen LogP contribution >= 0.6 is 11.8 Å². The first kappa shape index (κ1) is 22.8. The molecule has 0 bridgehead atoms. The van der Waals surface area contributed by atoms with Crippen LogP contribution in [0.1, 0.15) is 17.4 Å². The van der Waals surface area contributed by atoms with E-state index in [2.05, 4.69) is 5.43 Å². The van der Waals surface area contributed by atoms with Crippen LogP contribution in [0.4, 0.5) is 22.7 Å². The Morgan fingerprint density at radius 1 is 1.16 bits per heavy atom. The molecule has 168 valence electrons. The van der Waals surface area contributed by atoms with Crippen molar-refractivity contribution in [2.24, 2.45) is 0 Å². The minimum absolute atomic E-state index is 0.125. The van der Waals surface area contributed by atoms with Crippen LogP contribution in [-0.2, 0) is 9.59 Å².